The molecule has 0 saturated carbocycles. The molecule has 1 aliphatic heterocycles. The first-order valence-corrected chi connectivity index (χ1v) is 12.8. The number of halogens is 2. The first-order valence-electron chi connectivity index (χ1n) is 12.0. The van der Waals surface area contributed by atoms with Crippen molar-refractivity contribution < 1.29 is 18.3 Å². The Morgan fingerprint density at radius 2 is 1.78 bits per heavy atom. The molecule has 184 valence electrons. The SMILES string of the molecule is COc1ccc(NC(=O)N2Cc3c(sc4c3CCCC4)-n3cccc3[C@@H]2c2cc(F)cc(F)c2)cc1. The number of rotatable bonds is 3. The third-order valence-corrected chi connectivity index (χ3v) is 8.32. The van der Waals surface area contributed by atoms with E-state index in [4.69, 9.17) is 4.74 Å². The molecule has 2 amide bonds. The van der Waals surface area contributed by atoms with E-state index in [0.717, 1.165) is 48.0 Å². The Bertz CT molecular complexity index is 1420. The summed E-state index contributed by atoms with van der Waals surface area (Å²) in [4.78, 5) is 16.9. The predicted molar refractivity (Wildman–Crippen MR) is 136 cm³/mol. The lowest BCUT2D eigenvalue weighted by atomic mass is 9.95. The number of hydrogen-bond acceptors (Lipinski definition) is 3. The molecule has 1 N–H and O–H groups in total. The summed E-state index contributed by atoms with van der Waals surface area (Å²) in [6, 6.07) is 13.4. The molecular formula is C28H25F2N3O2S. The van der Waals surface area contributed by atoms with Crippen LogP contribution >= 0.6 is 11.3 Å². The molecule has 3 heterocycles. The van der Waals surface area contributed by atoms with E-state index in [2.05, 4.69) is 9.88 Å². The van der Waals surface area contributed by atoms with Crippen molar-refractivity contribution in [1.29, 1.82) is 0 Å². The molecular weight excluding hydrogens is 480 g/mol. The Morgan fingerprint density at radius 3 is 2.53 bits per heavy atom. The molecule has 6 rings (SSSR count). The molecule has 0 radical (unpaired) electrons. The third-order valence-electron chi connectivity index (χ3n) is 6.98. The smallest absolute Gasteiger partial charge is 0.322 e. The number of ether oxygens (including phenoxy) is 1. The maximum absolute atomic E-state index is 14.4. The molecule has 2 aliphatic rings. The molecule has 2 aromatic heterocycles. The number of carbonyl (C=O) groups is 1. The molecule has 2 aromatic carbocycles. The van der Waals surface area contributed by atoms with Gasteiger partial charge >= 0.3 is 6.03 Å². The van der Waals surface area contributed by atoms with E-state index >= 15 is 0 Å². The summed E-state index contributed by atoms with van der Waals surface area (Å²) < 4.78 is 36.1. The highest BCUT2D eigenvalue weighted by Crippen LogP contribution is 2.44. The van der Waals surface area contributed by atoms with Crippen LogP contribution in [0.2, 0.25) is 0 Å². The quantitative estimate of drug-likeness (QED) is 0.331. The molecule has 4 aromatic rings. The van der Waals surface area contributed by atoms with Crippen LogP contribution < -0.4 is 10.1 Å². The van der Waals surface area contributed by atoms with Crippen molar-refractivity contribution in [3.8, 4) is 10.8 Å². The number of carbonyl (C=O) groups excluding carboxylic acids is 1. The average Bonchev–Trinajstić information content (AvgIpc) is 3.45. The minimum absolute atomic E-state index is 0.341. The zero-order valence-corrected chi connectivity index (χ0v) is 20.6. The molecule has 1 aliphatic carbocycles. The normalized spacial score (nSPS) is 16.5. The number of aryl methyl sites for hydroxylation is 1. The monoisotopic (exact) mass is 505 g/mol. The van der Waals surface area contributed by atoms with Gasteiger partial charge in [-0.1, -0.05) is 0 Å². The van der Waals surface area contributed by atoms with Crippen LogP contribution in [0.4, 0.5) is 19.3 Å². The number of hydrogen-bond donors (Lipinski definition) is 1. The minimum atomic E-state index is -0.678. The summed E-state index contributed by atoms with van der Waals surface area (Å²) in [7, 11) is 1.59. The average molecular weight is 506 g/mol. The van der Waals surface area contributed by atoms with Crippen molar-refractivity contribution in [2.75, 3.05) is 12.4 Å². The van der Waals surface area contributed by atoms with E-state index in [1.54, 1.807) is 47.6 Å². The lowest BCUT2D eigenvalue weighted by Crippen LogP contribution is -2.38. The maximum atomic E-state index is 14.4. The number of aromatic nitrogens is 1. The van der Waals surface area contributed by atoms with Gasteiger partial charge in [-0.2, -0.15) is 0 Å². The van der Waals surface area contributed by atoms with Gasteiger partial charge in [0.25, 0.3) is 0 Å². The molecule has 0 unspecified atom stereocenters. The molecule has 8 heteroatoms. The van der Waals surface area contributed by atoms with Crippen molar-refractivity contribution in [2.24, 2.45) is 0 Å². The third kappa shape index (κ3) is 3.95. The van der Waals surface area contributed by atoms with Crippen LogP contribution in [-0.4, -0.2) is 22.6 Å². The van der Waals surface area contributed by atoms with Crippen LogP contribution in [0.3, 0.4) is 0 Å². The Morgan fingerprint density at radius 1 is 1.03 bits per heavy atom. The molecule has 0 spiro atoms. The number of nitrogens with zero attached hydrogens (tertiary/aromatic N) is 2. The van der Waals surface area contributed by atoms with E-state index in [0.29, 0.717) is 23.5 Å². The van der Waals surface area contributed by atoms with Gasteiger partial charge < -0.3 is 19.5 Å². The summed E-state index contributed by atoms with van der Waals surface area (Å²) in [5, 5.41) is 4.07. The highest BCUT2D eigenvalue weighted by molar-refractivity contribution is 7.15. The number of amides is 2. The molecule has 5 nitrogen and oxygen atoms in total. The summed E-state index contributed by atoms with van der Waals surface area (Å²) in [6.45, 7) is 0.341. The van der Waals surface area contributed by atoms with Gasteiger partial charge in [0, 0.05) is 28.4 Å². The van der Waals surface area contributed by atoms with Gasteiger partial charge in [-0.15, -0.1) is 11.3 Å². The topological polar surface area (TPSA) is 46.5 Å². The summed E-state index contributed by atoms with van der Waals surface area (Å²) in [5.41, 5.74) is 4.23. The summed E-state index contributed by atoms with van der Waals surface area (Å²) in [6.07, 6.45) is 6.28. The Balaban J connectivity index is 1.49. The van der Waals surface area contributed by atoms with Gasteiger partial charge in [0.1, 0.15) is 28.4 Å². The van der Waals surface area contributed by atoms with Gasteiger partial charge in [0.15, 0.2) is 0 Å². The van der Waals surface area contributed by atoms with Crippen molar-refractivity contribution in [3.05, 3.63) is 99.7 Å². The van der Waals surface area contributed by atoms with Crippen LogP contribution in [0.5, 0.6) is 5.75 Å². The van der Waals surface area contributed by atoms with Crippen LogP contribution in [0.25, 0.3) is 5.00 Å². The maximum Gasteiger partial charge on any atom is 0.322 e. The Kier molecular flexibility index (Phi) is 5.76. The van der Waals surface area contributed by atoms with Gasteiger partial charge in [0.2, 0.25) is 0 Å². The van der Waals surface area contributed by atoms with Crippen LogP contribution in [0.15, 0.2) is 60.8 Å². The lowest BCUT2D eigenvalue weighted by Gasteiger charge is -2.31. The minimum Gasteiger partial charge on any atom is -0.497 e. The van der Waals surface area contributed by atoms with Crippen molar-refractivity contribution >= 4 is 23.1 Å². The fraction of sp³-hybridized carbons (Fsp3) is 0.250. The van der Waals surface area contributed by atoms with E-state index in [1.807, 2.05) is 18.3 Å². The first kappa shape index (κ1) is 22.8. The van der Waals surface area contributed by atoms with Crippen LogP contribution in [-0.2, 0) is 19.4 Å². The fourth-order valence-corrected chi connectivity index (χ4v) is 6.74. The molecule has 0 bridgehead atoms. The van der Waals surface area contributed by atoms with Gasteiger partial charge in [0.05, 0.1) is 19.3 Å². The molecule has 0 saturated heterocycles. The van der Waals surface area contributed by atoms with Crippen LogP contribution in [0.1, 0.15) is 46.1 Å². The van der Waals surface area contributed by atoms with E-state index in [9.17, 15) is 13.6 Å². The number of fused-ring (bicyclic) bond motifs is 5. The van der Waals surface area contributed by atoms with E-state index in [-0.39, 0.29) is 6.03 Å². The van der Waals surface area contributed by atoms with Crippen molar-refractivity contribution in [2.45, 2.75) is 38.3 Å². The number of benzene rings is 2. The zero-order valence-electron chi connectivity index (χ0n) is 19.8. The second-order valence-electron chi connectivity index (χ2n) is 9.19. The van der Waals surface area contributed by atoms with E-state index in [1.165, 1.54) is 22.6 Å². The lowest BCUT2D eigenvalue weighted by molar-refractivity contribution is 0.194. The number of urea groups is 1. The largest absolute Gasteiger partial charge is 0.497 e. The Labute approximate surface area is 211 Å². The number of thiophene rings is 1. The highest BCUT2D eigenvalue weighted by Gasteiger charge is 2.36. The number of anilines is 1. The van der Waals surface area contributed by atoms with Gasteiger partial charge in [-0.25, -0.2) is 13.6 Å². The van der Waals surface area contributed by atoms with Gasteiger partial charge in [-0.3, -0.25) is 0 Å². The second kappa shape index (κ2) is 9.09. The number of methoxy groups -OCH3 is 1. The van der Waals surface area contributed by atoms with Crippen molar-refractivity contribution in [1.82, 2.24) is 9.47 Å². The first-order chi connectivity index (χ1) is 17.5. The molecule has 1 atom stereocenters. The molecule has 36 heavy (non-hydrogen) atoms. The summed E-state index contributed by atoms with van der Waals surface area (Å²) >= 11 is 1.77. The Hall–Kier alpha value is -3.65. The molecule has 0 fully saturated rings. The summed E-state index contributed by atoms with van der Waals surface area (Å²) in [5.74, 6) is -0.659. The fourth-order valence-electron chi connectivity index (χ4n) is 5.34. The predicted octanol–water partition coefficient (Wildman–Crippen LogP) is 6.84. The number of nitrogens with one attached hydrogen (secondary N) is 1. The van der Waals surface area contributed by atoms with Gasteiger partial charge in [-0.05, 0) is 85.3 Å². The zero-order chi connectivity index (χ0) is 24.8. The van der Waals surface area contributed by atoms with E-state index < -0.39 is 17.7 Å². The standard InChI is InChI=1S/C28H25F2N3O2S/c1-35-21-10-8-20(9-11-21)31-28(34)33-16-23-22-5-2-3-7-25(22)36-27(23)32-12-4-6-24(32)26(33)17-13-18(29)15-19(30)14-17/h4,6,8-15,26H,2-3,5,7,16H2,1H3,(H,31,34)/t26-/m0/s1. The second-order valence-corrected chi connectivity index (χ2v) is 10.3. The van der Waals surface area contributed by atoms with Crippen LogP contribution in [0, 0.1) is 11.6 Å². The highest BCUT2D eigenvalue weighted by atomic mass is 32.1. The van der Waals surface area contributed by atoms with Crippen molar-refractivity contribution in [3.63, 3.8) is 0 Å².